The molecule has 0 spiro atoms. The second kappa shape index (κ2) is 9.77. The van der Waals surface area contributed by atoms with Gasteiger partial charge in [-0.1, -0.05) is 31.9 Å². The lowest BCUT2D eigenvalue weighted by atomic mass is 9.95. The summed E-state index contributed by atoms with van der Waals surface area (Å²) in [5, 5.41) is 0. The fourth-order valence-electron chi connectivity index (χ4n) is 3.98. The molecule has 2 amide bonds. The summed E-state index contributed by atoms with van der Waals surface area (Å²) >= 11 is 0. The van der Waals surface area contributed by atoms with Crippen LogP contribution in [0.15, 0.2) is 24.3 Å². The highest BCUT2D eigenvalue weighted by atomic mass is 16.5. The summed E-state index contributed by atoms with van der Waals surface area (Å²) in [5.74, 6) is 1.12. The lowest BCUT2D eigenvalue weighted by Crippen LogP contribution is -2.45. The topological polar surface area (TPSA) is 49.9 Å². The van der Waals surface area contributed by atoms with Gasteiger partial charge in [-0.05, 0) is 49.8 Å². The number of amides is 2. The second-order valence-corrected chi connectivity index (χ2v) is 7.68. The largest absolute Gasteiger partial charge is 0.484 e. The van der Waals surface area contributed by atoms with Gasteiger partial charge in [0.15, 0.2) is 6.61 Å². The van der Waals surface area contributed by atoms with Crippen LogP contribution in [0.1, 0.15) is 51.0 Å². The summed E-state index contributed by atoms with van der Waals surface area (Å²) in [5.41, 5.74) is 1.25. The van der Waals surface area contributed by atoms with Crippen LogP contribution in [0.3, 0.4) is 0 Å². The van der Waals surface area contributed by atoms with Gasteiger partial charge in [0, 0.05) is 32.1 Å². The molecule has 2 aliphatic rings. The van der Waals surface area contributed by atoms with Crippen molar-refractivity contribution in [2.45, 2.75) is 51.9 Å². The third-order valence-electron chi connectivity index (χ3n) is 5.81. The van der Waals surface area contributed by atoms with E-state index in [1.54, 1.807) is 0 Å². The lowest BCUT2D eigenvalue weighted by Gasteiger charge is -2.34. The Morgan fingerprint density at radius 1 is 0.926 bits per heavy atom. The zero-order valence-electron chi connectivity index (χ0n) is 16.5. The minimum absolute atomic E-state index is 0.00948. The Balaban J connectivity index is 1.42. The lowest BCUT2D eigenvalue weighted by molar-refractivity contribution is -0.141. The van der Waals surface area contributed by atoms with Crippen molar-refractivity contribution in [2.24, 2.45) is 5.92 Å². The van der Waals surface area contributed by atoms with Crippen molar-refractivity contribution in [2.75, 3.05) is 32.8 Å². The number of carbonyl (C=O) groups excluding carboxylic acids is 2. The SMILES string of the molecule is CCc1ccc(OCC(=O)N2CCC(C(=O)N3CCCCCC3)CC2)cc1. The molecule has 3 rings (SSSR count). The van der Waals surface area contributed by atoms with E-state index in [0.717, 1.165) is 50.9 Å². The maximum absolute atomic E-state index is 12.7. The summed E-state index contributed by atoms with van der Waals surface area (Å²) < 4.78 is 5.64. The van der Waals surface area contributed by atoms with Gasteiger partial charge in [0.25, 0.3) is 5.91 Å². The first kappa shape index (κ1) is 19.7. The average Bonchev–Trinajstić information content (AvgIpc) is 3.01. The molecule has 5 heteroatoms. The third kappa shape index (κ3) is 5.47. The smallest absolute Gasteiger partial charge is 0.260 e. The molecule has 2 heterocycles. The first-order valence-electron chi connectivity index (χ1n) is 10.5. The highest BCUT2D eigenvalue weighted by Crippen LogP contribution is 2.22. The van der Waals surface area contributed by atoms with E-state index in [9.17, 15) is 9.59 Å². The summed E-state index contributed by atoms with van der Waals surface area (Å²) in [4.78, 5) is 29.1. The second-order valence-electron chi connectivity index (χ2n) is 7.68. The number of likely N-dealkylation sites (tertiary alicyclic amines) is 2. The zero-order valence-corrected chi connectivity index (χ0v) is 16.5. The van der Waals surface area contributed by atoms with Crippen molar-refractivity contribution in [3.63, 3.8) is 0 Å². The Labute approximate surface area is 162 Å². The van der Waals surface area contributed by atoms with E-state index in [4.69, 9.17) is 4.74 Å². The molecule has 0 N–H and O–H groups in total. The van der Waals surface area contributed by atoms with Crippen LogP contribution in [0.4, 0.5) is 0 Å². The van der Waals surface area contributed by atoms with E-state index in [-0.39, 0.29) is 18.4 Å². The zero-order chi connectivity index (χ0) is 19.1. The number of ether oxygens (including phenoxy) is 1. The highest BCUT2D eigenvalue weighted by Gasteiger charge is 2.30. The predicted octanol–water partition coefficient (Wildman–Crippen LogP) is 3.27. The molecular weight excluding hydrogens is 340 g/mol. The van der Waals surface area contributed by atoms with Crippen LogP contribution in [-0.4, -0.2) is 54.4 Å². The molecule has 0 aliphatic carbocycles. The first-order valence-corrected chi connectivity index (χ1v) is 10.5. The molecule has 2 aliphatic heterocycles. The van der Waals surface area contributed by atoms with E-state index in [0.29, 0.717) is 19.0 Å². The molecule has 0 saturated carbocycles. The van der Waals surface area contributed by atoms with E-state index in [2.05, 4.69) is 11.8 Å². The summed E-state index contributed by atoms with van der Waals surface area (Å²) in [7, 11) is 0. The normalized spacial score (nSPS) is 18.9. The van der Waals surface area contributed by atoms with E-state index in [1.165, 1.54) is 18.4 Å². The van der Waals surface area contributed by atoms with Crippen molar-refractivity contribution in [1.82, 2.24) is 9.80 Å². The standard InChI is InChI=1S/C22H32N2O3/c1-2-18-7-9-20(10-8-18)27-17-21(25)23-15-11-19(12-16-23)22(26)24-13-5-3-4-6-14-24/h7-10,19H,2-6,11-17H2,1H3. The molecule has 1 aromatic rings. The van der Waals surface area contributed by atoms with Gasteiger partial charge in [-0.25, -0.2) is 0 Å². The molecule has 2 fully saturated rings. The highest BCUT2D eigenvalue weighted by molar-refractivity contribution is 5.80. The van der Waals surface area contributed by atoms with Gasteiger partial charge in [0.1, 0.15) is 5.75 Å². The Hall–Kier alpha value is -2.04. The minimum Gasteiger partial charge on any atom is -0.484 e. The quantitative estimate of drug-likeness (QED) is 0.797. The van der Waals surface area contributed by atoms with Crippen LogP contribution in [-0.2, 0) is 16.0 Å². The van der Waals surface area contributed by atoms with Crippen LogP contribution in [0, 0.1) is 5.92 Å². The van der Waals surface area contributed by atoms with Gasteiger partial charge >= 0.3 is 0 Å². The molecule has 0 radical (unpaired) electrons. The van der Waals surface area contributed by atoms with Crippen molar-refractivity contribution in [3.8, 4) is 5.75 Å². The van der Waals surface area contributed by atoms with Gasteiger partial charge < -0.3 is 14.5 Å². The molecule has 2 saturated heterocycles. The molecule has 148 valence electrons. The molecule has 5 nitrogen and oxygen atoms in total. The molecule has 0 bridgehead atoms. The molecule has 1 aromatic carbocycles. The van der Waals surface area contributed by atoms with E-state index in [1.807, 2.05) is 29.2 Å². The van der Waals surface area contributed by atoms with Crippen LogP contribution in [0.25, 0.3) is 0 Å². The molecule has 0 aromatic heterocycles. The fraction of sp³-hybridized carbons (Fsp3) is 0.636. The number of benzene rings is 1. The number of piperidine rings is 1. The Kier molecular flexibility index (Phi) is 7.13. The van der Waals surface area contributed by atoms with Crippen LogP contribution in [0.2, 0.25) is 0 Å². The van der Waals surface area contributed by atoms with Crippen LogP contribution < -0.4 is 4.74 Å². The summed E-state index contributed by atoms with van der Waals surface area (Å²) in [6, 6.07) is 7.88. The van der Waals surface area contributed by atoms with Crippen molar-refractivity contribution >= 4 is 11.8 Å². The summed E-state index contributed by atoms with van der Waals surface area (Å²) in [6.45, 7) is 5.30. The van der Waals surface area contributed by atoms with Crippen molar-refractivity contribution < 1.29 is 14.3 Å². The maximum atomic E-state index is 12.7. The van der Waals surface area contributed by atoms with Crippen LogP contribution in [0.5, 0.6) is 5.75 Å². The average molecular weight is 373 g/mol. The maximum Gasteiger partial charge on any atom is 0.260 e. The van der Waals surface area contributed by atoms with Gasteiger partial charge in [-0.3, -0.25) is 9.59 Å². The van der Waals surface area contributed by atoms with E-state index < -0.39 is 0 Å². The Morgan fingerprint density at radius 3 is 2.15 bits per heavy atom. The summed E-state index contributed by atoms with van der Waals surface area (Å²) in [6.07, 6.45) is 7.25. The first-order chi connectivity index (χ1) is 13.2. The number of hydrogen-bond acceptors (Lipinski definition) is 3. The number of nitrogens with zero attached hydrogens (tertiary/aromatic N) is 2. The molecule has 27 heavy (non-hydrogen) atoms. The number of aryl methyl sites for hydroxylation is 1. The molecule has 0 atom stereocenters. The fourth-order valence-corrected chi connectivity index (χ4v) is 3.98. The Morgan fingerprint density at radius 2 is 1.56 bits per heavy atom. The van der Waals surface area contributed by atoms with Gasteiger partial charge in [0.05, 0.1) is 0 Å². The van der Waals surface area contributed by atoms with Crippen LogP contribution >= 0.6 is 0 Å². The van der Waals surface area contributed by atoms with Gasteiger partial charge in [0.2, 0.25) is 5.91 Å². The third-order valence-corrected chi connectivity index (χ3v) is 5.81. The minimum atomic E-state index is 0.00948. The molecular formula is C22H32N2O3. The monoisotopic (exact) mass is 372 g/mol. The van der Waals surface area contributed by atoms with Crippen molar-refractivity contribution in [3.05, 3.63) is 29.8 Å². The van der Waals surface area contributed by atoms with Gasteiger partial charge in [-0.15, -0.1) is 0 Å². The van der Waals surface area contributed by atoms with E-state index >= 15 is 0 Å². The Bertz CT molecular complexity index is 613. The number of hydrogen-bond donors (Lipinski definition) is 0. The van der Waals surface area contributed by atoms with Crippen molar-refractivity contribution in [1.29, 1.82) is 0 Å². The predicted molar refractivity (Wildman–Crippen MR) is 106 cm³/mol. The molecule has 0 unspecified atom stereocenters. The number of carbonyl (C=O) groups is 2. The number of rotatable bonds is 5. The van der Waals surface area contributed by atoms with Gasteiger partial charge in [-0.2, -0.15) is 0 Å².